The molecule has 2 aromatic rings. The minimum absolute atomic E-state index is 0.111. The minimum Gasteiger partial charge on any atom is -0.478 e. The standard InChI is InChI=1S/C13H9Cl2NO2S/c14-11-2-1-9(6-10(11)13(17)18)19-7-8-3-4-16-12(15)5-8/h1-6H,7H2,(H,17,18). The molecule has 0 saturated carbocycles. The molecule has 0 spiro atoms. The maximum Gasteiger partial charge on any atom is 0.337 e. The molecule has 0 aliphatic heterocycles. The Bertz CT molecular complexity index is 619. The summed E-state index contributed by atoms with van der Waals surface area (Å²) in [6.07, 6.45) is 1.64. The number of halogens is 2. The molecule has 0 fully saturated rings. The second kappa shape index (κ2) is 6.28. The van der Waals surface area contributed by atoms with Crippen LogP contribution >= 0.6 is 35.0 Å². The molecule has 0 saturated heterocycles. The first-order valence-corrected chi connectivity index (χ1v) is 7.06. The van der Waals surface area contributed by atoms with E-state index in [1.807, 2.05) is 6.07 Å². The number of aromatic carboxylic acids is 1. The van der Waals surface area contributed by atoms with Crippen LogP contribution in [0.3, 0.4) is 0 Å². The van der Waals surface area contributed by atoms with Crippen molar-refractivity contribution in [1.82, 2.24) is 4.98 Å². The van der Waals surface area contributed by atoms with Gasteiger partial charge in [0.05, 0.1) is 10.6 Å². The lowest BCUT2D eigenvalue weighted by molar-refractivity contribution is 0.0697. The molecule has 1 heterocycles. The normalized spacial score (nSPS) is 10.4. The Balaban J connectivity index is 2.12. The van der Waals surface area contributed by atoms with E-state index in [4.69, 9.17) is 28.3 Å². The predicted molar refractivity (Wildman–Crippen MR) is 77.2 cm³/mol. The number of nitrogens with zero attached hydrogens (tertiary/aromatic N) is 1. The van der Waals surface area contributed by atoms with Crippen LogP contribution in [0.5, 0.6) is 0 Å². The van der Waals surface area contributed by atoms with Gasteiger partial charge in [0.15, 0.2) is 0 Å². The summed E-state index contributed by atoms with van der Waals surface area (Å²) >= 11 is 13.1. The van der Waals surface area contributed by atoms with Crippen LogP contribution < -0.4 is 0 Å². The third kappa shape index (κ3) is 3.86. The zero-order valence-corrected chi connectivity index (χ0v) is 12.0. The molecule has 0 atom stereocenters. The van der Waals surface area contributed by atoms with Crippen LogP contribution in [0.4, 0.5) is 0 Å². The summed E-state index contributed by atoms with van der Waals surface area (Å²) in [4.78, 5) is 15.7. The Morgan fingerprint density at radius 3 is 2.74 bits per heavy atom. The van der Waals surface area contributed by atoms with Crippen molar-refractivity contribution < 1.29 is 9.90 Å². The summed E-state index contributed by atoms with van der Waals surface area (Å²) in [5.74, 6) is -0.345. The number of hydrogen-bond acceptors (Lipinski definition) is 3. The molecule has 3 nitrogen and oxygen atoms in total. The number of rotatable bonds is 4. The van der Waals surface area contributed by atoms with Gasteiger partial charge in [0.2, 0.25) is 0 Å². The Hall–Kier alpha value is -1.23. The number of benzene rings is 1. The van der Waals surface area contributed by atoms with Crippen LogP contribution in [-0.2, 0) is 5.75 Å². The summed E-state index contributed by atoms with van der Waals surface area (Å²) in [6, 6.07) is 8.60. The summed E-state index contributed by atoms with van der Waals surface area (Å²) in [5, 5.41) is 9.68. The van der Waals surface area contributed by atoms with Gasteiger partial charge in [0.25, 0.3) is 0 Å². The first-order valence-electron chi connectivity index (χ1n) is 5.32. The Morgan fingerprint density at radius 1 is 1.26 bits per heavy atom. The number of thioether (sulfide) groups is 1. The average Bonchev–Trinajstić information content (AvgIpc) is 2.37. The molecule has 1 aromatic carbocycles. The van der Waals surface area contributed by atoms with E-state index < -0.39 is 5.97 Å². The maximum atomic E-state index is 11.0. The van der Waals surface area contributed by atoms with Crippen LogP contribution in [-0.4, -0.2) is 16.1 Å². The second-order valence-corrected chi connectivity index (χ2v) is 5.57. The fourth-order valence-electron chi connectivity index (χ4n) is 1.46. The van der Waals surface area contributed by atoms with Crippen molar-refractivity contribution in [3.63, 3.8) is 0 Å². The van der Waals surface area contributed by atoms with E-state index >= 15 is 0 Å². The van der Waals surface area contributed by atoms with E-state index in [1.165, 1.54) is 11.8 Å². The molecule has 0 aliphatic carbocycles. The summed E-state index contributed by atoms with van der Waals surface area (Å²) in [7, 11) is 0. The molecular formula is C13H9Cl2NO2S. The molecule has 0 bridgehead atoms. The number of carbonyl (C=O) groups is 1. The fourth-order valence-corrected chi connectivity index (χ4v) is 2.73. The molecule has 0 aliphatic rings. The highest BCUT2D eigenvalue weighted by atomic mass is 35.5. The Kier molecular flexibility index (Phi) is 4.69. The van der Waals surface area contributed by atoms with Gasteiger partial charge in [-0.2, -0.15) is 0 Å². The highest BCUT2D eigenvalue weighted by Gasteiger charge is 2.09. The van der Waals surface area contributed by atoms with E-state index in [2.05, 4.69) is 4.98 Å². The van der Waals surface area contributed by atoms with E-state index in [9.17, 15) is 4.79 Å². The van der Waals surface area contributed by atoms with Gasteiger partial charge in [-0.25, -0.2) is 9.78 Å². The van der Waals surface area contributed by atoms with Gasteiger partial charge in [-0.1, -0.05) is 23.2 Å². The summed E-state index contributed by atoms with van der Waals surface area (Å²) in [5.41, 5.74) is 1.14. The third-order valence-corrected chi connectivity index (χ3v) is 3.97. The largest absolute Gasteiger partial charge is 0.478 e. The molecule has 19 heavy (non-hydrogen) atoms. The molecule has 0 amide bonds. The lowest BCUT2D eigenvalue weighted by Gasteiger charge is -2.05. The number of aromatic nitrogens is 1. The lowest BCUT2D eigenvalue weighted by Crippen LogP contribution is -1.97. The predicted octanol–water partition coefficient (Wildman–Crippen LogP) is 4.38. The average molecular weight is 314 g/mol. The lowest BCUT2D eigenvalue weighted by atomic mass is 10.2. The quantitative estimate of drug-likeness (QED) is 0.672. The van der Waals surface area contributed by atoms with Crippen molar-refractivity contribution in [1.29, 1.82) is 0 Å². The van der Waals surface area contributed by atoms with Crippen molar-refractivity contribution in [3.05, 3.63) is 57.8 Å². The topological polar surface area (TPSA) is 50.2 Å². The zero-order chi connectivity index (χ0) is 13.8. The van der Waals surface area contributed by atoms with E-state index in [-0.39, 0.29) is 10.6 Å². The maximum absolute atomic E-state index is 11.0. The van der Waals surface area contributed by atoms with Crippen molar-refractivity contribution in [3.8, 4) is 0 Å². The molecule has 0 radical (unpaired) electrons. The third-order valence-electron chi connectivity index (χ3n) is 2.36. The first kappa shape index (κ1) is 14.2. The highest BCUT2D eigenvalue weighted by Crippen LogP contribution is 2.27. The molecule has 1 aromatic heterocycles. The Labute approximate surface area is 124 Å². The molecule has 1 N–H and O–H groups in total. The first-order chi connectivity index (χ1) is 9.06. The summed E-state index contributed by atoms with van der Waals surface area (Å²) in [6.45, 7) is 0. The van der Waals surface area contributed by atoms with Gasteiger partial charge < -0.3 is 5.11 Å². The van der Waals surface area contributed by atoms with Crippen LogP contribution in [0.2, 0.25) is 10.2 Å². The fraction of sp³-hybridized carbons (Fsp3) is 0.0769. The van der Waals surface area contributed by atoms with Crippen molar-refractivity contribution >= 4 is 40.9 Å². The molecule has 2 rings (SSSR count). The van der Waals surface area contributed by atoms with Gasteiger partial charge in [0, 0.05) is 16.8 Å². The Morgan fingerprint density at radius 2 is 2.05 bits per heavy atom. The van der Waals surface area contributed by atoms with Crippen molar-refractivity contribution in [2.24, 2.45) is 0 Å². The zero-order valence-electron chi connectivity index (χ0n) is 9.64. The highest BCUT2D eigenvalue weighted by molar-refractivity contribution is 7.98. The molecule has 0 unspecified atom stereocenters. The van der Waals surface area contributed by atoms with Crippen molar-refractivity contribution in [2.75, 3.05) is 0 Å². The number of carboxylic acid groups (broad SMARTS) is 1. The van der Waals surface area contributed by atoms with Gasteiger partial charge in [0.1, 0.15) is 5.15 Å². The molecular weight excluding hydrogens is 305 g/mol. The number of pyridine rings is 1. The van der Waals surface area contributed by atoms with Gasteiger partial charge in [-0.05, 0) is 35.9 Å². The van der Waals surface area contributed by atoms with Gasteiger partial charge in [-0.15, -0.1) is 11.8 Å². The van der Waals surface area contributed by atoms with Gasteiger partial charge in [-0.3, -0.25) is 0 Å². The van der Waals surface area contributed by atoms with Crippen LogP contribution in [0.1, 0.15) is 15.9 Å². The van der Waals surface area contributed by atoms with Crippen LogP contribution in [0.15, 0.2) is 41.4 Å². The van der Waals surface area contributed by atoms with Crippen LogP contribution in [0, 0.1) is 0 Å². The number of hydrogen-bond donors (Lipinski definition) is 1. The second-order valence-electron chi connectivity index (χ2n) is 3.72. The van der Waals surface area contributed by atoms with Crippen molar-refractivity contribution in [2.45, 2.75) is 10.6 Å². The smallest absolute Gasteiger partial charge is 0.337 e. The van der Waals surface area contributed by atoms with E-state index in [0.29, 0.717) is 10.9 Å². The summed E-state index contributed by atoms with van der Waals surface area (Å²) < 4.78 is 0. The minimum atomic E-state index is -1.03. The van der Waals surface area contributed by atoms with Gasteiger partial charge >= 0.3 is 5.97 Å². The van der Waals surface area contributed by atoms with Crippen LogP contribution in [0.25, 0.3) is 0 Å². The monoisotopic (exact) mass is 313 g/mol. The van der Waals surface area contributed by atoms with E-state index in [0.717, 1.165) is 10.5 Å². The molecule has 6 heteroatoms. The SMILES string of the molecule is O=C(O)c1cc(SCc2ccnc(Cl)c2)ccc1Cl. The number of carboxylic acids is 1. The van der Waals surface area contributed by atoms with E-state index in [1.54, 1.807) is 30.5 Å². The molecule has 98 valence electrons.